The molecular weight excluding hydrogens is 394 g/mol. The molecule has 1 N–H and O–H groups in total. The van der Waals surface area contributed by atoms with Crippen LogP contribution >= 0.6 is 0 Å². The van der Waals surface area contributed by atoms with Gasteiger partial charge in [0.05, 0.1) is 25.5 Å². The van der Waals surface area contributed by atoms with Crippen LogP contribution in [-0.2, 0) is 13.2 Å². The van der Waals surface area contributed by atoms with E-state index in [1.165, 1.54) is 5.56 Å². The van der Waals surface area contributed by atoms with Crippen molar-refractivity contribution in [2.75, 3.05) is 12.4 Å². The zero-order chi connectivity index (χ0) is 21.6. The SMILES string of the molecule is COc1cccc(OCc2ccc(C(=O)Nc3cnn(Cc4ccc(C)cc4)c3)o2)c1. The first-order valence-electron chi connectivity index (χ1n) is 9.84. The Labute approximate surface area is 180 Å². The van der Waals surface area contributed by atoms with Gasteiger partial charge in [-0.05, 0) is 36.8 Å². The second-order valence-corrected chi connectivity index (χ2v) is 7.10. The predicted octanol–water partition coefficient (Wildman–Crippen LogP) is 4.67. The first-order valence-corrected chi connectivity index (χ1v) is 9.84. The van der Waals surface area contributed by atoms with E-state index in [0.717, 1.165) is 5.56 Å². The summed E-state index contributed by atoms with van der Waals surface area (Å²) in [5.74, 6) is 1.77. The number of amides is 1. The van der Waals surface area contributed by atoms with E-state index in [1.54, 1.807) is 42.4 Å². The summed E-state index contributed by atoms with van der Waals surface area (Å²) in [5.41, 5.74) is 2.95. The minimum absolute atomic E-state index is 0.203. The number of nitrogens with zero attached hydrogens (tertiary/aromatic N) is 2. The van der Waals surface area contributed by atoms with Crippen molar-refractivity contribution in [2.45, 2.75) is 20.1 Å². The Balaban J connectivity index is 1.32. The van der Waals surface area contributed by atoms with E-state index in [-0.39, 0.29) is 18.3 Å². The van der Waals surface area contributed by atoms with Gasteiger partial charge in [0.1, 0.15) is 23.9 Å². The van der Waals surface area contributed by atoms with Gasteiger partial charge in [-0.25, -0.2) is 0 Å². The molecule has 2 heterocycles. The third-order valence-corrected chi connectivity index (χ3v) is 4.66. The van der Waals surface area contributed by atoms with Gasteiger partial charge in [-0.1, -0.05) is 35.9 Å². The van der Waals surface area contributed by atoms with E-state index >= 15 is 0 Å². The van der Waals surface area contributed by atoms with Gasteiger partial charge in [-0.3, -0.25) is 9.48 Å². The second kappa shape index (κ2) is 9.21. The maximum atomic E-state index is 12.5. The lowest BCUT2D eigenvalue weighted by molar-refractivity contribution is 0.0992. The lowest BCUT2D eigenvalue weighted by Crippen LogP contribution is -2.10. The summed E-state index contributed by atoms with van der Waals surface area (Å²) in [6, 6.07) is 18.9. The predicted molar refractivity (Wildman–Crippen MR) is 116 cm³/mol. The van der Waals surface area contributed by atoms with Crippen molar-refractivity contribution in [3.63, 3.8) is 0 Å². The molecule has 158 valence electrons. The fraction of sp³-hybridized carbons (Fsp3) is 0.167. The quantitative estimate of drug-likeness (QED) is 0.451. The fourth-order valence-corrected chi connectivity index (χ4v) is 3.01. The van der Waals surface area contributed by atoms with E-state index in [0.29, 0.717) is 29.5 Å². The van der Waals surface area contributed by atoms with Crippen LogP contribution in [0.5, 0.6) is 11.5 Å². The Hall–Kier alpha value is -4.00. The van der Waals surface area contributed by atoms with Crippen LogP contribution in [0.3, 0.4) is 0 Å². The smallest absolute Gasteiger partial charge is 0.291 e. The van der Waals surface area contributed by atoms with Crippen LogP contribution in [0, 0.1) is 6.92 Å². The summed E-state index contributed by atoms with van der Waals surface area (Å²) in [7, 11) is 1.60. The Morgan fingerprint density at radius 2 is 1.90 bits per heavy atom. The number of rotatable bonds is 8. The molecule has 2 aromatic carbocycles. The van der Waals surface area contributed by atoms with Crippen LogP contribution in [0.25, 0.3) is 0 Å². The highest BCUT2D eigenvalue weighted by molar-refractivity contribution is 6.02. The minimum Gasteiger partial charge on any atom is -0.497 e. The Bertz CT molecular complexity index is 1160. The van der Waals surface area contributed by atoms with Crippen molar-refractivity contribution in [3.05, 3.63) is 95.7 Å². The maximum absolute atomic E-state index is 12.5. The Morgan fingerprint density at radius 3 is 2.71 bits per heavy atom. The molecule has 0 saturated carbocycles. The third-order valence-electron chi connectivity index (χ3n) is 4.66. The fourth-order valence-electron chi connectivity index (χ4n) is 3.01. The molecule has 0 atom stereocenters. The molecule has 0 aliphatic carbocycles. The van der Waals surface area contributed by atoms with E-state index < -0.39 is 0 Å². The van der Waals surface area contributed by atoms with Gasteiger partial charge in [0.2, 0.25) is 0 Å². The number of anilines is 1. The molecule has 0 unspecified atom stereocenters. The van der Waals surface area contributed by atoms with Crippen LogP contribution in [-0.4, -0.2) is 22.8 Å². The number of aromatic nitrogens is 2. The van der Waals surface area contributed by atoms with Gasteiger partial charge >= 0.3 is 0 Å². The molecule has 0 radical (unpaired) electrons. The Morgan fingerprint density at radius 1 is 1.10 bits per heavy atom. The number of carbonyl (C=O) groups excluding carboxylic acids is 1. The molecule has 0 bridgehead atoms. The summed E-state index contributed by atoms with van der Waals surface area (Å²) in [5, 5.41) is 7.11. The number of benzene rings is 2. The van der Waals surface area contributed by atoms with Gasteiger partial charge in [0.25, 0.3) is 5.91 Å². The summed E-state index contributed by atoms with van der Waals surface area (Å²) in [6.07, 6.45) is 3.40. The van der Waals surface area contributed by atoms with Crippen molar-refractivity contribution in [1.29, 1.82) is 0 Å². The van der Waals surface area contributed by atoms with Crippen molar-refractivity contribution in [2.24, 2.45) is 0 Å². The monoisotopic (exact) mass is 417 g/mol. The minimum atomic E-state index is -0.345. The van der Waals surface area contributed by atoms with E-state index in [9.17, 15) is 4.79 Å². The topological polar surface area (TPSA) is 78.5 Å². The average molecular weight is 417 g/mol. The van der Waals surface area contributed by atoms with Gasteiger partial charge < -0.3 is 19.2 Å². The van der Waals surface area contributed by atoms with Crippen molar-refractivity contribution >= 4 is 11.6 Å². The standard InChI is InChI=1S/C24H23N3O4/c1-17-6-8-18(9-7-17)14-27-15-19(13-25-27)26-24(28)23-11-10-22(31-23)16-30-21-5-3-4-20(12-21)29-2/h3-13,15H,14,16H2,1-2H3,(H,26,28). The largest absolute Gasteiger partial charge is 0.497 e. The Kier molecular flexibility index (Phi) is 6.03. The van der Waals surface area contributed by atoms with E-state index in [4.69, 9.17) is 13.9 Å². The van der Waals surface area contributed by atoms with Crippen molar-refractivity contribution in [3.8, 4) is 11.5 Å². The number of nitrogens with one attached hydrogen (secondary N) is 1. The van der Waals surface area contributed by atoms with E-state index in [1.807, 2.05) is 18.2 Å². The van der Waals surface area contributed by atoms with Crippen molar-refractivity contribution in [1.82, 2.24) is 9.78 Å². The highest BCUT2D eigenvalue weighted by atomic mass is 16.5. The van der Waals surface area contributed by atoms with Gasteiger partial charge in [-0.15, -0.1) is 0 Å². The highest BCUT2D eigenvalue weighted by Crippen LogP contribution is 2.21. The lowest BCUT2D eigenvalue weighted by Gasteiger charge is -2.06. The average Bonchev–Trinajstić information content (AvgIpc) is 3.44. The normalized spacial score (nSPS) is 10.6. The third kappa shape index (κ3) is 5.33. The molecule has 0 saturated heterocycles. The molecule has 0 aliphatic rings. The van der Waals surface area contributed by atoms with Crippen molar-refractivity contribution < 1.29 is 18.7 Å². The molecule has 4 aromatic rings. The van der Waals surface area contributed by atoms with Gasteiger partial charge in [0.15, 0.2) is 5.76 Å². The summed E-state index contributed by atoms with van der Waals surface area (Å²) in [6.45, 7) is 2.88. The molecule has 2 aromatic heterocycles. The summed E-state index contributed by atoms with van der Waals surface area (Å²) < 4.78 is 18.3. The first kappa shape index (κ1) is 20.3. The molecule has 4 rings (SSSR count). The van der Waals surface area contributed by atoms with Crippen LogP contribution in [0.15, 0.2) is 77.5 Å². The second-order valence-electron chi connectivity index (χ2n) is 7.10. The zero-order valence-electron chi connectivity index (χ0n) is 17.4. The number of methoxy groups -OCH3 is 1. The molecule has 7 nitrogen and oxygen atoms in total. The molecular formula is C24H23N3O4. The van der Waals surface area contributed by atoms with Crippen LogP contribution in [0.2, 0.25) is 0 Å². The molecule has 0 spiro atoms. The lowest BCUT2D eigenvalue weighted by atomic mass is 10.1. The number of ether oxygens (including phenoxy) is 2. The van der Waals surface area contributed by atoms with Crippen LogP contribution in [0.4, 0.5) is 5.69 Å². The van der Waals surface area contributed by atoms with Crippen LogP contribution < -0.4 is 14.8 Å². The van der Waals surface area contributed by atoms with Crippen LogP contribution in [0.1, 0.15) is 27.4 Å². The molecule has 7 heteroatoms. The number of furan rings is 1. The highest BCUT2D eigenvalue weighted by Gasteiger charge is 2.13. The zero-order valence-corrected chi connectivity index (χ0v) is 17.4. The molecule has 0 aliphatic heterocycles. The molecule has 0 fully saturated rings. The summed E-state index contributed by atoms with van der Waals surface area (Å²) >= 11 is 0. The maximum Gasteiger partial charge on any atom is 0.291 e. The summed E-state index contributed by atoms with van der Waals surface area (Å²) in [4.78, 5) is 12.5. The number of hydrogen-bond acceptors (Lipinski definition) is 5. The van der Waals surface area contributed by atoms with Gasteiger partial charge in [0, 0.05) is 12.3 Å². The number of aryl methyl sites for hydroxylation is 1. The first-order chi connectivity index (χ1) is 15.1. The number of carbonyl (C=O) groups is 1. The molecule has 31 heavy (non-hydrogen) atoms. The van der Waals surface area contributed by atoms with E-state index in [2.05, 4.69) is 41.6 Å². The number of hydrogen-bond donors (Lipinski definition) is 1. The van der Waals surface area contributed by atoms with Gasteiger partial charge in [-0.2, -0.15) is 5.10 Å². The molecule has 1 amide bonds.